The zero-order chi connectivity index (χ0) is 16.9. The summed E-state index contributed by atoms with van der Waals surface area (Å²) in [5, 5.41) is 16.5. The van der Waals surface area contributed by atoms with Crippen molar-refractivity contribution in [3.8, 4) is 6.07 Å². The summed E-state index contributed by atoms with van der Waals surface area (Å²) in [7, 11) is 2.10. The van der Waals surface area contributed by atoms with E-state index in [4.69, 9.17) is 0 Å². The third-order valence-electron chi connectivity index (χ3n) is 5.20. The molecule has 2 aromatic rings. The van der Waals surface area contributed by atoms with Gasteiger partial charge in [-0.15, -0.1) is 0 Å². The lowest BCUT2D eigenvalue weighted by molar-refractivity contribution is 0.193. The van der Waals surface area contributed by atoms with Crippen LogP contribution in [0.3, 0.4) is 0 Å². The number of benzene rings is 1. The van der Waals surface area contributed by atoms with Crippen LogP contribution in [-0.2, 0) is 0 Å². The van der Waals surface area contributed by atoms with E-state index in [2.05, 4.69) is 32.0 Å². The third kappa shape index (κ3) is 2.18. The zero-order valence-electron chi connectivity index (χ0n) is 13.8. The molecule has 2 aliphatic heterocycles. The number of aromatic nitrogens is 3. The van der Waals surface area contributed by atoms with Gasteiger partial charge < -0.3 is 9.80 Å². The molecule has 0 bridgehead atoms. The number of likely N-dealkylation sites (N-methyl/N-ethyl adjacent to an activating group) is 1. The number of aryl methyl sites for hydroxylation is 1. The minimum absolute atomic E-state index is 0.0580. The van der Waals surface area contributed by atoms with Crippen LogP contribution >= 0.6 is 0 Å². The molecule has 3 heterocycles. The van der Waals surface area contributed by atoms with Gasteiger partial charge in [-0.1, -0.05) is 6.07 Å². The topological polar surface area (TPSA) is 71.8 Å². The van der Waals surface area contributed by atoms with Crippen molar-refractivity contribution in [2.45, 2.75) is 12.8 Å². The highest BCUT2D eigenvalue weighted by Gasteiger charge is 2.55. The number of nitrogens with one attached hydrogen (secondary N) is 1. The first kappa shape index (κ1) is 15.1. The number of rotatable bonds is 2. The largest absolute Gasteiger partial charge is 0.369 e. The number of anilines is 1. The molecular formula is C17H19FN6. The van der Waals surface area contributed by atoms with Crippen LogP contribution in [0.2, 0.25) is 0 Å². The number of nitriles is 1. The second-order valence-corrected chi connectivity index (χ2v) is 6.99. The molecule has 1 spiro atoms. The Kier molecular flexibility index (Phi) is 3.32. The molecule has 1 aromatic heterocycles. The molecular weight excluding hydrogens is 307 g/mol. The SMILES string of the molecule is Cc1nc(C2CN(C)CC23CN(c2cccc(F)c2C#N)C3)n[nH]1. The Balaban J connectivity index is 1.61. The van der Waals surface area contributed by atoms with Crippen molar-refractivity contribution in [3.05, 3.63) is 41.2 Å². The number of aromatic amines is 1. The van der Waals surface area contributed by atoms with Crippen LogP contribution in [0.1, 0.15) is 23.1 Å². The number of halogens is 1. The van der Waals surface area contributed by atoms with Crippen LogP contribution in [0.5, 0.6) is 0 Å². The van der Waals surface area contributed by atoms with E-state index in [-0.39, 0.29) is 16.9 Å². The molecule has 0 aliphatic carbocycles. The molecule has 1 aromatic carbocycles. The number of H-pyrrole nitrogens is 1. The molecule has 1 N–H and O–H groups in total. The van der Waals surface area contributed by atoms with E-state index in [9.17, 15) is 9.65 Å². The number of hydrogen-bond acceptors (Lipinski definition) is 5. The minimum atomic E-state index is -0.458. The van der Waals surface area contributed by atoms with Crippen LogP contribution in [0.15, 0.2) is 18.2 Å². The Hall–Kier alpha value is -2.46. The molecule has 1 atom stereocenters. The van der Waals surface area contributed by atoms with Gasteiger partial charge in [0.25, 0.3) is 0 Å². The van der Waals surface area contributed by atoms with Gasteiger partial charge in [0.2, 0.25) is 0 Å². The molecule has 124 valence electrons. The summed E-state index contributed by atoms with van der Waals surface area (Å²) in [5.74, 6) is 1.47. The van der Waals surface area contributed by atoms with Crippen molar-refractivity contribution in [2.75, 3.05) is 38.1 Å². The third-order valence-corrected chi connectivity index (χ3v) is 5.20. The van der Waals surface area contributed by atoms with E-state index >= 15 is 0 Å². The van der Waals surface area contributed by atoms with Gasteiger partial charge >= 0.3 is 0 Å². The molecule has 6 nitrogen and oxygen atoms in total. The fourth-order valence-electron chi connectivity index (χ4n) is 4.18. The van der Waals surface area contributed by atoms with Crippen LogP contribution in [-0.4, -0.2) is 53.3 Å². The highest BCUT2D eigenvalue weighted by Crippen LogP contribution is 2.49. The van der Waals surface area contributed by atoms with Crippen molar-refractivity contribution in [1.82, 2.24) is 20.1 Å². The summed E-state index contributed by atoms with van der Waals surface area (Å²) in [5.41, 5.74) is 0.870. The van der Waals surface area contributed by atoms with Crippen LogP contribution in [0, 0.1) is 29.5 Å². The van der Waals surface area contributed by atoms with Crippen LogP contribution in [0.25, 0.3) is 0 Å². The van der Waals surface area contributed by atoms with E-state index in [0.29, 0.717) is 5.69 Å². The standard InChI is InChI=1S/C17H19FN6/c1-11-20-16(22-21-11)13-7-23(2)8-17(13)9-24(10-17)15-5-3-4-14(18)12(15)6-19/h3-5,13H,7-10H2,1-2H3,(H,20,21,22). The number of likely N-dealkylation sites (tertiary alicyclic amines) is 1. The highest BCUT2D eigenvalue weighted by molar-refractivity contribution is 5.62. The summed E-state index contributed by atoms with van der Waals surface area (Å²) in [6.45, 7) is 5.35. The Morgan fingerprint density at radius 2 is 2.17 bits per heavy atom. The van der Waals surface area contributed by atoms with Crippen molar-refractivity contribution in [2.24, 2.45) is 5.41 Å². The van der Waals surface area contributed by atoms with Gasteiger partial charge in [0.15, 0.2) is 5.82 Å². The first-order chi connectivity index (χ1) is 11.5. The first-order valence-electron chi connectivity index (χ1n) is 8.03. The lowest BCUT2D eigenvalue weighted by atomic mass is 9.71. The second-order valence-electron chi connectivity index (χ2n) is 6.99. The molecule has 2 fully saturated rings. The van der Waals surface area contributed by atoms with Gasteiger partial charge in [0.05, 0.1) is 5.69 Å². The smallest absolute Gasteiger partial charge is 0.155 e. The summed E-state index contributed by atoms with van der Waals surface area (Å²) in [6, 6.07) is 6.80. The summed E-state index contributed by atoms with van der Waals surface area (Å²) >= 11 is 0. The van der Waals surface area contributed by atoms with E-state index in [1.54, 1.807) is 6.07 Å². The summed E-state index contributed by atoms with van der Waals surface area (Å²) in [4.78, 5) is 8.91. The van der Waals surface area contributed by atoms with E-state index < -0.39 is 5.82 Å². The van der Waals surface area contributed by atoms with Crippen molar-refractivity contribution < 1.29 is 4.39 Å². The quantitative estimate of drug-likeness (QED) is 0.909. The maximum absolute atomic E-state index is 13.9. The normalized spacial score (nSPS) is 22.6. The lowest BCUT2D eigenvalue weighted by Crippen LogP contribution is -2.60. The second kappa shape index (κ2) is 5.28. The molecule has 1 unspecified atom stereocenters. The molecule has 0 radical (unpaired) electrons. The van der Waals surface area contributed by atoms with Gasteiger partial charge in [0.1, 0.15) is 23.3 Å². The van der Waals surface area contributed by atoms with Gasteiger partial charge in [-0.25, -0.2) is 9.37 Å². The van der Waals surface area contributed by atoms with Gasteiger partial charge in [0, 0.05) is 37.5 Å². The van der Waals surface area contributed by atoms with Crippen molar-refractivity contribution in [1.29, 1.82) is 5.26 Å². The molecule has 4 rings (SSSR count). The summed E-state index contributed by atoms with van der Waals surface area (Å²) < 4.78 is 13.9. The predicted molar refractivity (Wildman–Crippen MR) is 87.1 cm³/mol. The van der Waals surface area contributed by atoms with Gasteiger partial charge in [-0.2, -0.15) is 10.4 Å². The maximum Gasteiger partial charge on any atom is 0.155 e. The lowest BCUT2D eigenvalue weighted by Gasteiger charge is -2.52. The fraction of sp³-hybridized carbons (Fsp3) is 0.471. The molecule has 2 saturated heterocycles. The van der Waals surface area contributed by atoms with E-state index in [0.717, 1.165) is 37.8 Å². The van der Waals surface area contributed by atoms with Crippen LogP contribution < -0.4 is 4.90 Å². The van der Waals surface area contributed by atoms with Crippen molar-refractivity contribution in [3.63, 3.8) is 0 Å². The maximum atomic E-state index is 13.9. The molecule has 7 heteroatoms. The van der Waals surface area contributed by atoms with E-state index in [1.165, 1.54) is 6.07 Å². The molecule has 24 heavy (non-hydrogen) atoms. The number of hydrogen-bond donors (Lipinski definition) is 1. The van der Waals surface area contributed by atoms with Gasteiger partial charge in [-0.05, 0) is 26.1 Å². The highest BCUT2D eigenvalue weighted by atomic mass is 19.1. The Labute approximate surface area is 139 Å². The average Bonchev–Trinajstić information content (AvgIpc) is 3.08. The Morgan fingerprint density at radius 1 is 1.38 bits per heavy atom. The Bertz CT molecular complexity index is 817. The predicted octanol–water partition coefficient (Wildman–Crippen LogP) is 1.66. The van der Waals surface area contributed by atoms with Crippen molar-refractivity contribution >= 4 is 5.69 Å². The summed E-state index contributed by atoms with van der Waals surface area (Å²) in [6.07, 6.45) is 0. The monoisotopic (exact) mass is 326 g/mol. The minimum Gasteiger partial charge on any atom is -0.369 e. The van der Waals surface area contributed by atoms with Gasteiger partial charge in [-0.3, -0.25) is 5.10 Å². The first-order valence-corrected chi connectivity index (χ1v) is 8.03. The van der Waals surface area contributed by atoms with E-state index in [1.807, 2.05) is 19.1 Å². The molecule has 2 aliphatic rings. The fourth-order valence-corrected chi connectivity index (χ4v) is 4.18. The molecule has 0 saturated carbocycles. The Morgan fingerprint density at radius 3 is 2.83 bits per heavy atom. The zero-order valence-corrected chi connectivity index (χ0v) is 13.8. The van der Waals surface area contributed by atoms with Crippen LogP contribution in [0.4, 0.5) is 10.1 Å². The average molecular weight is 326 g/mol. The molecule has 0 amide bonds. The number of nitrogens with zero attached hydrogens (tertiary/aromatic N) is 5.